The van der Waals surface area contributed by atoms with Gasteiger partial charge in [-0.05, 0) is 55.2 Å². The van der Waals surface area contributed by atoms with Gasteiger partial charge >= 0.3 is 0 Å². The second-order valence-corrected chi connectivity index (χ2v) is 6.50. The van der Waals surface area contributed by atoms with E-state index in [-0.39, 0.29) is 18.1 Å². The molecule has 0 unspecified atom stereocenters. The normalized spacial score (nSPS) is 14.5. The third kappa shape index (κ3) is 4.26. The van der Waals surface area contributed by atoms with Crippen LogP contribution in [0.25, 0.3) is 0 Å². The van der Waals surface area contributed by atoms with Crippen molar-refractivity contribution in [2.24, 2.45) is 0 Å². The van der Waals surface area contributed by atoms with Crippen LogP contribution in [0.5, 0.6) is 0 Å². The van der Waals surface area contributed by atoms with E-state index in [1.807, 2.05) is 12.1 Å². The lowest BCUT2D eigenvalue weighted by Crippen LogP contribution is -2.30. The fourth-order valence-corrected chi connectivity index (χ4v) is 3.17. The molecule has 2 aromatic rings. The number of halogens is 2. The minimum atomic E-state index is -0.304. The van der Waals surface area contributed by atoms with Crippen LogP contribution in [-0.4, -0.2) is 19.0 Å². The Morgan fingerprint density at radius 1 is 1.08 bits per heavy atom. The topological polar surface area (TPSA) is 32.3 Å². The first-order valence-corrected chi connectivity index (χ1v) is 8.58. The molecule has 126 valence electrons. The second kappa shape index (κ2) is 7.67. The Labute approximate surface area is 146 Å². The smallest absolute Gasteiger partial charge is 0.228 e. The van der Waals surface area contributed by atoms with Crippen LogP contribution < -0.4 is 10.2 Å². The zero-order chi connectivity index (χ0) is 16.9. The van der Waals surface area contributed by atoms with Crippen LogP contribution in [-0.2, 0) is 11.2 Å². The van der Waals surface area contributed by atoms with Gasteiger partial charge in [0.15, 0.2) is 0 Å². The number of hydrogen-bond donors (Lipinski definition) is 1. The summed E-state index contributed by atoms with van der Waals surface area (Å²) < 4.78 is 13.0. The summed E-state index contributed by atoms with van der Waals surface area (Å²) in [6.45, 7) is 1.98. The molecule has 1 amide bonds. The summed E-state index contributed by atoms with van der Waals surface area (Å²) in [5, 5.41) is 3.54. The van der Waals surface area contributed by atoms with Gasteiger partial charge in [-0.25, -0.2) is 4.39 Å². The standard InChI is InChI=1S/C19H20ClFN2O/c20-15-6-9-18(23-10-2-1-3-11-23)17(13-15)22-19(24)12-14-4-7-16(21)8-5-14/h4-9,13H,1-3,10-12H2,(H,22,24). The quantitative estimate of drug-likeness (QED) is 0.873. The number of nitrogens with zero attached hydrogens (tertiary/aromatic N) is 1. The molecule has 5 heteroatoms. The molecule has 0 atom stereocenters. The Kier molecular flexibility index (Phi) is 5.36. The van der Waals surface area contributed by atoms with E-state index in [9.17, 15) is 9.18 Å². The molecule has 0 radical (unpaired) electrons. The lowest BCUT2D eigenvalue weighted by Gasteiger charge is -2.30. The summed E-state index contributed by atoms with van der Waals surface area (Å²) in [7, 11) is 0. The summed E-state index contributed by atoms with van der Waals surface area (Å²) in [5.41, 5.74) is 2.51. The number of anilines is 2. The van der Waals surface area contributed by atoms with E-state index >= 15 is 0 Å². The van der Waals surface area contributed by atoms with Crippen molar-refractivity contribution >= 4 is 28.9 Å². The fourth-order valence-electron chi connectivity index (χ4n) is 3.00. The van der Waals surface area contributed by atoms with Gasteiger partial charge in [-0.15, -0.1) is 0 Å². The van der Waals surface area contributed by atoms with Crippen molar-refractivity contribution in [3.63, 3.8) is 0 Å². The molecule has 1 aliphatic heterocycles. The molecular weight excluding hydrogens is 327 g/mol. The fraction of sp³-hybridized carbons (Fsp3) is 0.316. The van der Waals surface area contributed by atoms with Gasteiger partial charge in [-0.2, -0.15) is 0 Å². The molecule has 0 aliphatic carbocycles. The van der Waals surface area contributed by atoms with Gasteiger partial charge in [0.2, 0.25) is 5.91 Å². The molecule has 3 rings (SSSR count). The zero-order valence-corrected chi connectivity index (χ0v) is 14.2. The minimum absolute atomic E-state index is 0.137. The van der Waals surface area contributed by atoms with E-state index < -0.39 is 0 Å². The molecule has 1 heterocycles. The summed E-state index contributed by atoms with van der Waals surface area (Å²) >= 11 is 6.11. The van der Waals surface area contributed by atoms with Crippen molar-refractivity contribution in [1.29, 1.82) is 0 Å². The summed E-state index contributed by atoms with van der Waals surface area (Å²) in [6.07, 6.45) is 3.76. The van der Waals surface area contributed by atoms with Crippen LogP contribution in [0, 0.1) is 5.82 Å². The maximum atomic E-state index is 13.0. The zero-order valence-electron chi connectivity index (χ0n) is 13.4. The van der Waals surface area contributed by atoms with E-state index in [0.717, 1.165) is 42.9 Å². The highest BCUT2D eigenvalue weighted by Gasteiger charge is 2.16. The lowest BCUT2D eigenvalue weighted by atomic mass is 10.1. The summed E-state index contributed by atoms with van der Waals surface area (Å²) in [5.74, 6) is -0.441. The molecule has 24 heavy (non-hydrogen) atoms. The van der Waals surface area contributed by atoms with Crippen molar-refractivity contribution in [1.82, 2.24) is 0 Å². The van der Waals surface area contributed by atoms with Crippen LogP contribution in [0.3, 0.4) is 0 Å². The largest absolute Gasteiger partial charge is 0.370 e. The van der Waals surface area contributed by atoms with Crippen LogP contribution in [0.15, 0.2) is 42.5 Å². The highest BCUT2D eigenvalue weighted by Crippen LogP contribution is 2.31. The summed E-state index contributed by atoms with van der Waals surface area (Å²) in [6, 6.07) is 11.6. The summed E-state index contributed by atoms with van der Waals surface area (Å²) in [4.78, 5) is 14.6. The molecular formula is C19H20ClFN2O. The molecule has 0 spiro atoms. The number of carbonyl (C=O) groups excluding carboxylic acids is 1. The van der Waals surface area contributed by atoms with Crippen molar-refractivity contribution in [2.75, 3.05) is 23.3 Å². The van der Waals surface area contributed by atoms with Crippen LogP contribution in [0.4, 0.5) is 15.8 Å². The number of amides is 1. The maximum Gasteiger partial charge on any atom is 0.228 e. The highest BCUT2D eigenvalue weighted by atomic mass is 35.5. The third-order valence-corrected chi connectivity index (χ3v) is 4.44. The molecule has 1 fully saturated rings. The van der Waals surface area contributed by atoms with Crippen molar-refractivity contribution in [3.05, 3.63) is 58.9 Å². The van der Waals surface area contributed by atoms with E-state index in [1.165, 1.54) is 18.6 Å². The molecule has 1 aliphatic rings. The van der Waals surface area contributed by atoms with Gasteiger partial charge in [0.05, 0.1) is 17.8 Å². The van der Waals surface area contributed by atoms with Gasteiger partial charge in [-0.1, -0.05) is 23.7 Å². The van der Waals surface area contributed by atoms with Gasteiger partial charge < -0.3 is 10.2 Å². The van der Waals surface area contributed by atoms with E-state index in [0.29, 0.717) is 5.02 Å². The Hall–Kier alpha value is -2.07. The average molecular weight is 347 g/mol. The Balaban J connectivity index is 1.74. The van der Waals surface area contributed by atoms with Crippen molar-refractivity contribution < 1.29 is 9.18 Å². The van der Waals surface area contributed by atoms with Gasteiger partial charge in [-0.3, -0.25) is 4.79 Å². The first-order valence-electron chi connectivity index (χ1n) is 8.20. The Bertz CT molecular complexity index is 712. The SMILES string of the molecule is O=C(Cc1ccc(F)cc1)Nc1cc(Cl)ccc1N1CCCCC1. The van der Waals surface area contributed by atoms with E-state index in [1.54, 1.807) is 18.2 Å². The number of rotatable bonds is 4. The monoisotopic (exact) mass is 346 g/mol. The highest BCUT2D eigenvalue weighted by molar-refractivity contribution is 6.31. The number of hydrogen-bond acceptors (Lipinski definition) is 2. The minimum Gasteiger partial charge on any atom is -0.370 e. The first kappa shape index (κ1) is 16.8. The number of benzene rings is 2. The van der Waals surface area contributed by atoms with Gasteiger partial charge in [0.25, 0.3) is 0 Å². The molecule has 3 nitrogen and oxygen atoms in total. The maximum absolute atomic E-state index is 13.0. The molecule has 0 saturated carbocycles. The van der Waals surface area contributed by atoms with Crippen molar-refractivity contribution in [2.45, 2.75) is 25.7 Å². The Morgan fingerprint density at radius 3 is 2.50 bits per heavy atom. The van der Waals surface area contributed by atoms with Crippen LogP contribution >= 0.6 is 11.6 Å². The predicted molar refractivity (Wildman–Crippen MR) is 96.2 cm³/mol. The van der Waals surface area contributed by atoms with E-state index in [4.69, 9.17) is 11.6 Å². The van der Waals surface area contributed by atoms with E-state index in [2.05, 4.69) is 10.2 Å². The predicted octanol–water partition coefficient (Wildman–Crippen LogP) is 4.65. The first-order chi connectivity index (χ1) is 11.6. The number of nitrogens with one attached hydrogen (secondary N) is 1. The van der Waals surface area contributed by atoms with Gasteiger partial charge in [0, 0.05) is 18.1 Å². The molecule has 1 saturated heterocycles. The van der Waals surface area contributed by atoms with Crippen LogP contribution in [0.2, 0.25) is 5.02 Å². The second-order valence-electron chi connectivity index (χ2n) is 6.06. The van der Waals surface area contributed by atoms with Gasteiger partial charge in [0.1, 0.15) is 5.82 Å². The van der Waals surface area contributed by atoms with Crippen molar-refractivity contribution in [3.8, 4) is 0 Å². The molecule has 0 bridgehead atoms. The Morgan fingerprint density at radius 2 is 1.79 bits per heavy atom. The molecule has 1 N–H and O–H groups in total. The number of carbonyl (C=O) groups is 1. The lowest BCUT2D eigenvalue weighted by molar-refractivity contribution is -0.115. The molecule has 0 aromatic heterocycles. The third-order valence-electron chi connectivity index (χ3n) is 4.21. The number of piperidine rings is 1. The average Bonchev–Trinajstić information content (AvgIpc) is 2.58. The van der Waals surface area contributed by atoms with Crippen LogP contribution in [0.1, 0.15) is 24.8 Å². The molecule has 2 aromatic carbocycles.